The van der Waals surface area contributed by atoms with Crippen LogP contribution >= 0.6 is 0 Å². The Morgan fingerprint density at radius 2 is 1.76 bits per heavy atom. The van der Waals surface area contributed by atoms with E-state index >= 15 is 0 Å². The van der Waals surface area contributed by atoms with E-state index < -0.39 is 6.04 Å². The van der Waals surface area contributed by atoms with Gasteiger partial charge in [-0.25, -0.2) is 0 Å². The first-order valence-electron chi connectivity index (χ1n) is 9.10. The first kappa shape index (κ1) is 19.2. The second-order valence-electron chi connectivity index (χ2n) is 7.19. The van der Waals surface area contributed by atoms with Gasteiger partial charge in [0.2, 0.25) is 11.8 Å². The van der Waals surface area contributed by atoms with Crippen LogP contribution < -0.4 is 10.6 Å². The van der Waals surface area contributed by atoms with E-state index in [-0.39, 0.29) is 29.4 Å². The maximum atomic E-state index is 12.6. The Balaban J connectivity index is 2.03. The van der Waals surface area contributed by atoms with E-state index in [0.29, 0.717) is 11.3 Å². The van der Waals surface area contributed by atoms with E-state index in [2.05, 4.69) is 10.6 Å². The van der Waals surface area contributed by atoms with Gasteiger partial charge in [0.15, 0.2) is 5.78 Å². The van der Waals surface area contributed by atoms with Crippen molar-refractivity contribution in [2.45, 2.75) is 58.9 Å². The molecule has 1 aliphatic rings. The van der Waals surface area contributed by atoms with Crippen molar-refractivity contribution in [1.82, 2.24) is 5.32 Å². The molecule has 0 unspecified atom stereocenters. The average Bonchev–Trinajstić information content (AvgIpc) is 2.60. The number of Topliss-reactive ketones (excluding diaryl/α,β-unsaturated/α-hetero) is 1. The molecule has 0 bridgehead atoms. The van der Waals surface area contributed by atoms with Gasteiger partial charge in [-0.15, -0.1) is 0 Å². The fourth-order valence-corrected chi connectivity index (χ4v) is 3.21. The largest absolute Gasteiger partial charge is 0.344 e. The number of anilines is 1. The Bertz CT molecular complexity index is 634. The summed E-state index contributed by atoms with van der Waals surface area (Å²) in [5.41, 5.74) is 1.11. The molecule has 25 heavy (non-hydrogen) atoms. The van der Waals surface area contributed by atoms with Crippen LogP contribution in [0.15, 0.2) is 24.3 Å². The predicted molar refractivity (Wildman–Crippen MR) is 98.4 cm³/mol. The minimum Gasteiger partial charge on any atom is -0.344 e. The minimum absolute atomic E-state index is 0.0174. The summed E-state index contributed by atoms with van der Waals surface area (Å²) in [6.45, 7) is 5.32. The van der Waals surface area contributed by atoms with Crippen LogP contribution in [0.4, 0.5) is 5.69 Å². The van der Waals surface area contributed by atoms with Crippen molar-refractivity contribution in [3.05, 3.63) is 29.8 Å². The molecule has 2 amide bonds. The molecule has 0 heterocycles. The Hall–Kier alpha value is -2.17. The average molecular weight is 344 g/mol. The molecule has 1 saturated carbocycles. The lowest BCUT2D eigenvalue weighted by molar-refractivity contribution is -0.130. The van der Waals surface area contributed by atoms with Gasteiger partial charge >= 0.3 is 0 Å². The van der Waals surface area contributed by atoms with Crippen molar-refractivity contribution in [3.8, 4) is 0 Å². The lowest BCUT2D eigenvalue weighted by Gasteiger charge is -2.26. The quantitative estimate of drug-likeness (QED) is 0.775. The number of benzene rings is 1. The van der Waals surface area contributed by atoms with E-state index in [1.165, 1.54) is 13.3 Å². The Morgan fingerprint density at radius 3 is 2.36 bits per heavy atom. The monoisotopic (exact) mass is 344 g/mol. The molecule has 5 heteroatoms. The summed E-state index contributed by atoms with van der Waals surface area (Å²) in [5, 5.41) is 5.75. The van der Waals surface area contributed by atoms with Gasteiger partial charge in [0.25, 0.3) is 0 Å². The highest BCUT2D eigenvalue weighted by molar-refractivity contribution is 5.99. The molecule has 136 valence electrons. The number of ketones is 1. The van der Waals surface area contributed by atoms with E-state index in [1.807, 2.05) is 13.8 Å². The number of carbonyl (C=O) groups excluding carboxylic acids is 3. The van der Waals surface area contributed by atoms with Crippen molar-refractivity contribution in [3.63, 3.8) is 0 Å². The fraction of sp³-hybridized carbons (Fsp3) is 0.550. The van der Waals surface area contributed by atoms with Crippen LogP contribution in [0.1, 0.15) is 63.2 Å². The van der Waals surface area contributed by atoms with Crippen molar-refractivity contribution in [2.24, 2.45) is 11.8 Å². The number of amides is 2. The molecule has 0 spiro atoms. The molecular weight excluding hydrogens is 316 g/mol. The first-order valence-corrected chi connectivity index (χ1v) is 9.10. The van der Waals surface area contributed by atoms with Gasteiger partial charge in [0.1, 0.15) is 6.04 Å². The summed E-state index contributed by atoms with van der Waals surface area (Å²) in [5.74, 6) is -0.333. The topological polar surface area (TPSA) is 75.3 Å². The molecule has 5 nitrogen and oxygen atoms in total. The highest BCUT2D eigenvalue weighted by Gasteiger charge is 2.28. The van der Waals surface area contributed by atoms with Gasteiger partial charge in [0.05, 0.1) is 0 Å². The van der Waals surface area contributed by atoms with Gasteiger partial charge in [-0.1, -0.05) is 45.2 Å². The maximum Gasteiger partial charge on any atom is 0.247 e. The number of nitrogens with one attached hydrogen (secondary N) is 2. The smallest absolute Gasteiger partial charge is 0.247 e. The zero-order chi connectivity index (χ0) is 18.4. The van der Waals surface area contributed by atoms with Crippen molar-refractivity contribution in [2.75, 3.05) is 5.32 Å². The lowest BCUT2D eigenvalue weighted by Crippen LogP contribution is -2.49. The molecule has 0 saturated heterocycles. The highest BCUT2D eigenvalue weighted by atomic mass is 16.2. The Morgan fingerprint density at radius 1 is 1.08 bits per heavy atom. The van der Waals surface area contributed by atoms with Crippen molar-refractivity contribution in [1.29, 1.82) is 0 Å². The van der Waals surface area contributed by atoms with Gasteiger partial charge in [0, 0.05) is 17.2 Å². The van der Waals surface area contributed by atoms with Crippen molar-refractivity contribution >= 4 is 23.3 Å². The van der Waals surface area contributed by atoms with Gasteiger partial charge in [-0.2, -0.15) is 0 Å². The van der Waals surface area contributed by atoms with Crippen LogP contribution in [-0.2, 0) is 9.59 Å². The molecule has 2 rings (SSSR count). The highest BCUT2D eigenvalue weighted by Crippen LogP contribution is 2.24. The molecule has 1 atom stereocenters. The van der Waals surface area contributed by atoms with E-state index in [1.54, 1.807) is 24.3 Å². The van der Waals surface area contributed by atoms with Gasteiger partial charge in [-0.3, -0.25) is 14.4 Å². The van der Waals surface area contributed by atoms with E-state index in [4.69, 9.17) is 0 Å². The third-order valence-corrected chi connectivity index (χ3v) is 4.76. The lowest BCUT2D eigenvalue weighted by atomic mass is 9.88. The standard InChI is InChI=1S/C20H28N2O3/c1-13(2)18(22-19(24)15-8-5-4-6-9-15)20(25)21-17-11-7-10-16(12-17)14(3)23/h7,10-13,15,18H,4-6,8-9H2,1-3H3,(H,21,25)(H,22,24)/t18-/m0/s1. The maximum absolute atomic E-state index is 12.6. The molecule has 0 radical (unpaired) electrons. The summed E-state index contributed by atoms with van der Waals surface area (Å²) >= 11 is 0. The molecule has 0 aromatic heterocycles. The summed E-state index contributed by atoms with van der Waals surface area (Å²) in [4.78, 5) is 36.6. The SMILES string of the molecule is CC(=O)c1cccc(NC(=O)[C@@H](NC(=O)C2CCCCC2)C(C)C)c1. The zero-order valence-corrected chi connectivity index (χ0v) is 15.3. The van der Waals surface area contributed by atoms with Crippen LogP contribution in [0.3, 0.4) is 0 Å². The summed E-state index contributed by atoms with van der Waals surface area (Å²) in [6.07, 6.45) is 5.14. The third kappa shape index (κ3) is 5.41. The van der Waals surface area contributed by atoms with Gasteiger partial charge in [-0.05, 0) is 37.8 Å². The fourth-order valence-electron chi connectivity index (χ4n) is 3.21. The Kier molecular flexibility index (Phi) is 6.73. The normalized spacial score (nSPS) is 16.3. The number of hydrogen-bond acceptors (Lipinski definition) is 3. The molecule has 2 N–H and O–H groups in total. The second-order valence-corrected chi connectivity index (χ2v) is 7.19. The van der Waals surface area contributed by atoms with Gasteiger partial charge < -0.3 is 10.6 Å². The summed E-state index contributed by atoms with van der Waals surface area (Å²) < 4.78 is 0. The van der Waals surface area contributed by atoms with E-state index in [0.717, 1.165) is 25.7 Å². The van der Waals surface area contributed by atoms with Crippen LogP contribution in [0.2, 0.25) is 0 Å². The van der Waals surface area contributed by atoms with Crippen molar-refractivity contribution < 1.29 is 14.4 Å². The molecule has 1 aromatic carbocycles. The van der Waals surface area contributed by atoms with Crippen LogP contribution in [-0.4, -0.2) is 23.6 Å². The van der Waals surface area contributed by atoms with Crippen LogP contribution in [0, 0.1) is 11.8 Å². The van der Waals surface area contributed by atoms with E-state index in [9.17, 15) is 14.4 Å². The zero-order valence-electron chi connectivity index (χ0n) is 15.3. The predicted octanol–water partition coefficient (Wildman–Crippen LogP) is 3.55. The molecule has 0 aliphatic heterocycles. The second kappa shape index (κ2) is 8.79. The summed E-state index contributed by atoms with van der Waals surface area (Å²) in [7, 11) is 0. The minimum atomic E-state index is -0.588. The van der Waals surface area contributed by atoms with Crippen LogP contribution in [0.25, 0.3) is 0 Å². The third-order valence-electron chi connectivity index (χ3n) is 4.76. The molecular formula is C20H28N2O3. The number of carbonyl (C=O) groups is 3. The molecule has 1 aliphatic carbocycles. The Labute approximate surface area is 149 Å². The number of hydrogen-bond donors (Lipinski definition) is 2. The summed E-state index contributed by atoms with van der Waals surface area (Å²) in [6, 6.07) is 6.25. The molecule has 1 aromatic rings. The number of rotatable bonds is 6. The first-order chi connectivity index (χ1) is 11.9. The van der Waals surface area contributed by atoms with Crippen LogP contribution in [0.5, 0.6) is 0 Å². The molecule has 1 fully saturated rings.